The van der Waals surface area contributed by atoms with Crippen molar-refractivity contribution in [1.29, 1.82) is 0 Å². The summed E-state index contributed by atoms with van der Waals surface area (Å²) in [6.07, 6.45) is -0.252. The van der Waals surface area contributed by atoms with E-state index >= 15 is 0 Å². The van der Waals surface area contributed by atoms with Gasteiger partial charge in [-0.05, 0) is 41.2 Å². The van der Waals surface area contributed by atoms with Crippen LogP contribution in [-0.2, 0) is 10.8 Å². The van der Waals surface area contributed by atoms with Crippen molar-refractivity contribution in [2.75, 3.05) is 0 Å². The van der Waals surface area contributed by atoms with E-state index in [-0.39, 0.29) is 17.5 Å². The van der Waals surface area contributed by atoms with Gasteiger partial charge in [0.1, 0.15) is 0 Å². The first-order valence-corrected chi connectivity index (χ1v) is 11.3. The standard InChI is InChI=1S/C21H30OSi/c1-7-17-13-15-19(16-14-17)20(18-11-9-8-10-12-18)22-23(5,6)21(2,3)4/h8-16,20H,7H2,1-6H3/i7D. The lowest BCUT2D eigenvalue weighted by atomic mass is 10.00. The van der Waals surface area contributed by atoms with Crippen LogP contribution in [0.25, 0.3) is 0 Å². The van der Waals surface area contributed by atoms with Crippen LogP contribution in [0.15, 0.2) is 54.6 Å². The van der Waals surface area contributed by atoms with Crippen molar-refractivity contribution in [3.8, 4) is 0 Å². The molecule has 0 amide bonds. The van der Waals surface area contributed by atoms with Gasteiger partial charge in [0.25, 0.3) is 0 Å². The van der Waals surface area contributed by atoms with Crippen LogP contribution in [0.5, 0.6) is 0 Å². The molecule has 0 aliphatic heterocycles. The molecule has 0 bridgehead atoms. The summed E-state index contributed by atoms with van der Waals surface area (Å²) in [5.74, 6) is 0. The molecule has 0 fully saturated rings. The van der Waals surface area contributed by atoms with Gasteiger partial charge >= 0.3 is 0 Å². The Kier molecular flexibility index (Phi) is 5.03. The molecule has 0 saturated heterocycles. The monoisotopic (exact) mass is 327 g/mol. The molecule has 0 aromatic heterocycles. The summed E-state index contributed by atoms with van der Waals surface area (Å²) >= 11 is 0. The van der Waals surface area contributed by atoms with Crippen LogP contribution in [0.4, 0.5) is 0 Å². The topological polar surface area (TPSA) is 9.23 Å². The summed E-state index contributed by atoms with van der Waals surface area (Å²) in [4.78, 5) is 0. The molecule has 2 rings (SSSR count). The molecule has 0 saturated carbocycles. The third-order valence-corrected chi connectivity index (χ3v) is 9.33. The Morgan fingerprint density at radius 3 is 1.96 bits per heavy atom. The summed E-state index contributed by atoms with van der Waals surface area (Å²) in [5.41, 5.74) is 3.39. The van der Waals surface area contributed by atoms with Crippen LogP contribution in [0.3, 0.4) is 0 Å². The summed E-state index contributed by atoms with van der Waals surface area (Å²) < 4.78 is 14.6. The van der Waals surface area contributed by atoms with Gasteiger partial charge in [0.2, 0.25) is 0 Å². The molecule has 2 unspecified atom stereocenters. The summed E-state index contributed by atoms with van der Waals surface area (Å²) in [6, 6.07) is 18.8. The lowest BCUT2D eigenvalue weighted by Gasteiger charge is -2.39. The van der Waals surface area contributed by atoms with Crippen molar-refractivity contribution in [3.63, 3.8) is 0 Å². The van der Waals surface area contributed by atoms with Gasteiger partial charge in [-0.25, -0.2) is 0 Å². The third-order valence-electron chi connectivity index (χ3n) is 4.89. The maximum atomic E-state index is 7.86. The SMILES string of the molecule is [2H]C(C)c1ccc(C(O[Si](C)(C)C(C)(C)C)c2ccccc2)cc1. The molecule has 0 heterocycles. The normalized spacial score (nSPS) is 15.8. The van der Waals surface area contributed by atoms with E-state index in [2.05, 4.69) is 82.4 Å². The van der Waals surface area contributed by atoms with Gasteiger partial charge in [-0.2, -0.15) is 0 Å². The van der Waals surface area contributed by atoms with Gasteiger partial charge in [0, 0.05) is 1.37 Å². The smallest absolute Gasteiger partial charge is 0.193 e. The predicted octanol–water partition coefficient (Wildman–Crippen LogP) is 6.36. The molecule has 124 valence electrons. The van der Waals surface area contributed by atoms with E-state index < -0.39 is 8.32 Å². The highest BCUT2D eigenvalue weighted by Gasteiger charge is 2.39. The highest BCUT2D eigenvalue weighted by molar-refractivity contribution is 6.74. The number of aryl methyl sites for hydroxylation is 1. The van der Waals surface area contributed by atoms with Gasteiger partial charge in [0.15, 0.2) is 8.32 Å². The molecule has 0 aliphatic rings. The Balaban J connectivity index is 2.41. The highest BCUT2D eigenvalue weighted by Crippen LogP contribution is 2.41. The average molecular weight is 328 g/mol. The second-order valence-corrected chi connectivity index (χ2v) is 12.4. The van der Waals surface area contributed by atoms with E-state index in [1.807, 2.05) is 13.0 Å². The third kappa shape index (κ3) is 4.33. The zero-order chi connectivity index (χ0) is 18.0. The minimum absolute atomic E-state index is 0.0535. The van der Waals surface area contributed by atoms with Crippen LogP contribution in [0, 0.1) is 0 Å². The molecule has 2 aromatic carbocycles. The van der Waals surface area contributed by atoms with E-state index in [1.165, 1.54) is 5.56 Å². The van der Waals surface area contributed by atoms with Crippen LogP contribution >= 0.6 is 0 Å². The zero-order valence-electron chi connectivity index (χ0n) is 16.3. The Morgan fingerprint density at radius 1 is 0.957 bits per heavy atom. The van der Waals surface area contributed by atoms with Crippen molar-refractivity contribution < 1.29 is 5.80 Å². The van der Waals surface area contributed by atoms with Crippen molar-refractivity contribution in [3.05, 3.63) is 71.3 Å². The predicted molar refractivity (Wildman–Crippen MR) is 102 cm³/mol. The maximum absolute atomic E-state index is 7.86. The zero-order valence-corrected chi connectivity index (χ0v) is 16.3. The number of rotatable bonds is 5. The molecular weight excluding hydrogens is 296 g/mol. The van der Waals surface area contributed by atoms with Crippen LogP contribution in [-0.4, -0.2) is 8.32 Å². The fraction of sp³-hybridized carbons (Fsp3) is 0.429. The lowest BCUT2D eigenvalue weighted by molar-refractivity contribution is 0.222. The fourth-order valence-electron chi connectivity index (χ4n) is 2.29. The molecule has 0 N–H and O–H groups in total. The number of benzene rings is 2. The molecule has 2 heteroatoms. The van der Waals surface area contributed by atoms with Crippen molar-refractivity contribution in [2.24, 2.45) is 0 Å². The molecule has 0 radical (unpaired) electrons. The first-order valence-electron chi connectivity index (χ1n) is 8.94. The quantitative estimate of drug-likeness (QED) is 0.580. The highest BCUT2D eigenvalue weighted by atomic mass is 28.4. The van der Waals surface area contributed by atoms with Crippen LogP contribution in [0.1, 0.15) is 51.9 Å². The molecule has 1 nitrogen and oxygen atoms in total. The number of hydrogen-bond acceptors (Lipinski definition) is 1. The molecule has 0 aliphatic carbocycles. The molecule has 2 atom stereocenters. The van der Waals surface area contributed by atoms with Gasteiger partial charge in [-0.15, -0.1) is 0 Å². The van der Waals surface area contributed by atoms with Gasteiger partial charge < -0.3 is 4.43 Å². The minimum Gasteiger partial charge on any atom is -0.406 e. The van der Waals surface area contributed by atoms with Gasteiger partial charge in [0.05, 0.1) is 6.10 Å². The van der Waals surface area contributed by atoms with Gasteiger partial charge in [-0.1, -0.05) is 82.3 Å². The summed E-state index contributed by atoms with van der Waals surface area (Å²) in [6.45, 7) is 13.3. The summed E-state index contributed by atoms with van der Waals surface area (Å²) in [5, 5.41) is 0.162. The Hall–Kier alpha value is -1.38. The first kappa shape index (κ1) is 16.5. The van der Waals surface area contributed by atoms with E-state index in [0.29, 0.717) is 0 Å². The Labute approximate surface area is 144 Å². The van der Waals surface area contributed by atoms with Crippen molar-refractivity contribution in [2.45, 2.75) is 58.3 Å². The molecule has 23 heavy (non-hydrogen) atoms. The van der Waals surface area contributed by atoms with E-state index in [1.54, 1.807) is 0 Å². The van der Waals surface area contributed by atoms with Crippen molar-refractivity contribution in [1.82, 2.24) is 0 Å². The second kappa shape index (κ2) is 7.02. The maximum Gasteiger partial charge on any atom is 0.193 e. The summed E-state index contributed by atoms with van der Waals surface area (Å²) in [7, 11) is -1.91. The molecule has 2 aromatic rings. The minimum atomic E-state index is -1.91. The largest absolute Gasteiger partial charge is 0.406 e. The van der Waals surface area contributed by atoms with E-state index in [0.717, 1.165) is 11.1 Å². The van der Waals surface area contributed by atoms with Crippen LogP contribution < -0.4 is 0 Å². The van der Waals surface area contributed by atoms with E-state index in [9.17, 15) is 0 Å². The fourth-order valence-corrected chi connectivity index (χ4v) is 3.51. The lowest BCUT2D eigenvalue weighted by Crippen LogP contribution is -2.42. The van der Waals surface area contributed by atoms with Gasteiger partial charge in [-0.3, -0.25) is 0 Å². The van der Waals surface area contributed by atoms with Crippen molar-refractivity contribution >= 4 is 8.32 Å². The Morgan fingerprint density at radius 2 is 1.48 bits per heavy atom. The number of hydrogen-bond donors (Lipinski definition) is 0. The second-order valence-electron chi connectivity index (χ2n) is 7.62. The molecular formula is C21H30OSi. The van der Waals surface area contributed by atoms with Crippen LogP contribution in [0.2, 0.25) is 18.1 Å². The average Bonchev–Trinajstić information content (AvgIpc) is 2.52. The molecule has 0 spiro atoms. The first-order chi connectivity index (χ1) is 11.1. The van der Waals surface area contributed by atoms with E-state index in [4.69, 9.17) is 5.80 Å². The Bertz CT molecular complexity index is 642.